The van der Waals surface area contributed by atoms with E-state index in [0.29, 0.717) is 12.3 Å². The summed E-state index contributed by atoms with van der Waals surface area (Å²) in [5.74, 6) is 0.393. The smallest absolute Gasteiger partial charge is 0.310 e. The largest absolute Gasteiger partial charge is 0.477 e. The number of benzene rings is 2. The third-order valence-electron chi connectivity index (χ3n) is 4.52. The quantitative estimate of drug-likeness (QED) is 0.394. The lowest BCUT2D eigenvalue weighted by molar-refractivity contribution is -0.385. The van der Waals surface area contributed by atoms with Gasteiger partial charge in [-0.25, -0.2) is 0 Å². The first-order valence-electron chi connectivity index (χ1n) is 9.36. The molecule has 3 aromatic rings. The van der Waals surface area contributed by atoms with E-state index in [1.807, 2.05) is 43.3 Å². The third-order valence-corrected chi connectivity index (χ3v) is 4.52. The van der Waals surface area contributed by atoms with E-state index < -0.39 is 4.92 Å². The van der Waals surface area contributed by atoms with Gasteiger partial charge in [0.05, 0.1) is 17.7 Å². The number of amides is 1. The molecule has 0 saturated heterocycles. The van der Waals surface area contributed by atoms with Crippen LogP contribution < -0.4 is 9.64 Å². The molecule has 0 bridgehead atoms. The van der Waals surface area contributed by atoms with Crippen molar-refractivity contribution in [3.05, 3.63) is 88.4 Å². The SMILES string of the molecule is CN(C)c1ccc(CN(Cc2ccco2)C(=O)COc2ccccc2[N+](=O)[O-])cc1. The molecule has 156 valence electrons. The van der Waals surface area contributed by atoms with Crippen molar-refractivity contribution in [2.45, 2.75) is 13.1 Å². The van der Waals surface area contributed by atoms with Gasteiger partial charge in [-0.1, -0.05) is 24.3 Å². The monoisotopic (exact) mass is 409 g/mol. The van der Waals surface area contributed by atoms with Gasteiger partial charge >= 0.3 is 5.69 Å². The fraction of sp³-hybridized carbons (Fsp3) is 0.227. The summed E-state index contributed by atoms with van der Waals surface area (Å²) in [5, 5.41) is 11.1. The molecule has 0 N–H and O–H groups in total. The van der Waals surface area contributed by atoms with Crippen molar-refractivity contribution in [3.63, 3.8) is 0 Å². The summed E-state index contributed by atoms with van der Waals surface area (Å²) in [4.78, 5) is 27.1. The predicted octanol–water partition coefficient (Wildman–Crippen LogP) is 3.86. The summed E-state index contributed by atoms with van der Waals surface area (Å²) in [5.41, 5.74) is 1.83. The molecular weight excluding hydrogens is 386 g/mol. The van der Waals surface area contributed by atoms with E-state index in [9.17, 15) is 14.9 Å². The van der Waals surface area contributed by atoms with E-state index in [1.54, 1.807) is 35.4 Å². The Balaban J connectivity index is 1.73. The lowest BCUT2D eigenvalue weighted by Crippen LogP contribution is -2.34. The van der Waals surface area contributed by atoms with Gasteiger partial charge in [0.25, 0.3) is 5.91 Å². The zero-order valence-corrected chi connectivity index (χ0v) is 16.9. The Labute approximate surface area is 174 Å². The fourth-order valence-corrected chi connectivity index (χ4v) is 2.90. The normalized spacial score (nSPS) is 10.5. The molecule has 1 aromatic heterocycles. The van der Waals surface area contributed by atoms with Crippen LogP contribution in [0.25, 0.3) is 0 Å². The zero-order valence-electron chi connectivity index (χ0n) is 16.9. The number of carbonyl (C=O) groups is 1. The molecule has 1 heterocycles. The molecule has 0 saturated carbocycles. The van der Waals surface area contributed by atoms with E-state index >= 15 is 0 Å². The van der Waals surface area contributed by atoms with Gasteiger partial charge in [-0.05, 0) is 35.9 Å². The van der Waals surface area contributed by atoms with Crippen LogP contribution in [0.15, 0.2) is 71.3 Å². The molecule has 2 aromatic carbocycles. The minimum atomic E-state index is -0.535. The van der Waals surface area contributed by atoms with Gasteiger partial charge in [-0.2, -0.15) is 0 Å². The van der Waals surface area contributed by atoms with Crippen LogP contribution in [-0.2, 0) is 17.9 Å². The van der Waals surface area contributed by atoms with Gasteiger partial charge in [0.15, 0.2) is 12.4 Å². The van der Waals surface area contributed by atoms with E-state index in [0.717, 1.165) is 11.3 Å². The summed E-state index contributed by atoms with van der Waals surface area (Å²) >= 11 is 0. The number of nitro benzene ring substituents is 1. The summed E-state index contributed by atoms with van der Waals surface area (Å²) in [7, 11) is 3.92. The topological polar surface area (TPSA) is 89.1 Å². The second kappa shape index (κ2) is 9.60. The maximum absolute atomic E-state index is 12.9. The molecule has 30 heavy (non-hydrogen) atoms. The Morgan fingerprint density at radius 1 is 1.03 bits per heavy atom. The molecule has 8 heteroatoms. The molecule has 8 nitrogen and oxygen atoms in total. The highest BCUT2D eigenvalue weighted by atomic mass is 16.6. The number of hydrogen-bond donors (Lipinski definition) is 0. The van der Waals surface area contributed by atoms with Crippen LogP contribution >= 0.6 is 0 Å². The fourth-order valence-electron chi connectivity index (χ4n) is 2.90. The number of nitro groups is 1. The van der Waals surface area contributed by atoms with Crippen molar-refractivity contribution in [1.29, 1.82) is 0 Å². The Hall–Kier alpha value is -3.81. The molecule has 0 spiro atoms. The van der Waals surface area contributed by atoms with Crippen LogP contribution in [0.2, 0.25) is 0 Å². The number of carbonyl (C=O) groups excluding carboxylic acids is 1. The van der Waals surface area contributed by atoms with Crippen molar-refractivity contribution >= 4 is 17.3 Å². The maximum Gasteiger partial charge on any atom is 0.310 e. The highest BCUT2D eigenvalue weighted by molar-refractivity contribution is 5.78. The number of ether oxygens (including phenoxy) is 1. The van der Waals surface area contributed by atoms with Crippen molar-refractivity contribution in [3.8, 4) is 5.75 Å². The lowest BCUT2D eigenvalue weighted by Gasteiger charge is -2.22. The number of anilines is 1. The maximum atomic E-state index is 12.9. The van der Waals surface area contributed by atoms with Gasteiger partial charge in [0, 0.05) is 32.4 Å². The lowest BCUT2D eigenvalue weighted by atomic mass is 10.2. The predicted molar refractivity (Wildman–Crippen MR) is 112 cm³/mol. The second-order valence-electron chi connectivity index (χ2n) is 6.90. The summed E-state index contributed by atoms with van der Waals surface area (Å²) in [6.07, 6.45) is 1.55. The van der Waals surface area contributed by atoms with E-state index in [4.69, 9.17) is 9.15 Å². The Morgan fingerprint density at radius 2 is 1.77 bits per heavy atom. The van der Waals surface area contributed by atoms with Crippen molar-refractivity contribution in [2.75, 3.05) is 25.6 Å². The van der Waals surface area contributed by atoms with Crippen LogP contribution in [0.1, 0.15) is 11.3 Å². The standard InChI is InChI=1S/C22H23N3O5/c1-23(2)18-11-9-17(10-12-18)14-24(15-19-6-5-13-29-19)22(26)16-30-21-8-4-3-7-20(21)25(27)28/h3-13H,14-16H2,1-2H3. The third kappa shape index (κ3) is 5.38. The van der Waals surface area contributed by atoms with Gasteiger partial charge in [0.1, 0.15) is 5.76 Å². The van der Waals surface area contributed by atoms with Crippen LogP contribution in [0.3, 0.4) is 0 Å². The molecule has 0 radical (unpaired) electrons. The summed E-state index contributed by atoms with van der Waals surface area (Å²) < 4.78 is 10.9. The minimum Gasteiger partial charge on any atom is -0.477 e. The van der Waals surface area contributed by atoms with E-state index in [1.165, 1.54) is 12.1 Å². The number of hydrogen-bond acceptors (Lipinski definition) is 6. The number of rotatable bonds is 9. The molecule has 0 aliphatic carbocycles. The zero-order chi connectivity index (χ0) is 21.5. The minimum absolute atomic E-state index is 0.0594. The Bertz CT molecular complexity index is 984. The van der Waals surface area contributed by atoms with Crippen LogP contribution in [0.4, 0.5) is 11.4 Å². The van der Waals surface area contributed by atoms with E-state index in [-0.39, 0.29) is 30.5 Å². The molecule has 1 amide bonds. The van der Waals surface area contributed by atoms with Crippen molar-refractivity contribution < 1.29 is 18.9 Å². The molecule has 0 aliphatic heterocycles. The van der Waals surface area contributed by atoms with Crippen LogP contribution in [0, 0.1) is 10.1 Å². The first kappa shape index (κ1) is 20.9. The van der Waals surface area contributed by atoms with Gasteiger partial charge in [0.2, 0.25) is 0 Å². The molecule has 0 unspecified atom stereocenters. The molecule has 0 fully saturated rings. The summed E-state index contributed by atoms with van der Waals surface area (Å²) in [6.45, 7) is 0.302. The van der Waals surface area contributed by atoms with Crippen LogP contribution in [-0.4, -0.2) is 36.4 Å². The van der Waals surface area contributed by atoms with Crippen LogP contribution in [0.5, 0.6) is 5.75 Å². The molecular formula is C22H23N3O5. The highest BCUT2D eigenvalue weighted by Gasteiger charge is 2.20. The molecule has 0 atom stereocenters. The summed E-state index contributed by atoms with van der Waals surface area (Å²) in [6, 6.07) is 17.4. The van der Waals surface area contributed by atoms with Gasteiger partial charge < -0.3 is 19.0 Å². The van der Waals surface area contributed by atoms with Gasteiger partial charge in [-0.15, -0.1) is 0 Å². The highest BCUT2D eigenvalue weighted by Crippen LogP contribution is 2.26. The van der Waals surface area contributed by atoms with E-state index in [2.05, 4.69) is 0 Å². The molecule has 3 rings (SSSR count). The molecule has 0 aliphatic rings. The number of para-hydroxylation sites is 2. The first-order valence-corrected chi connectivity index (χ1v) is 9.36. The average Bonchev–Trinajstić information content (AvgIpc) is 3.25. The number of furan rings is 1. The average molecular weight is 409 g/mol. The Morgan fingerprint density at radius 3 is 2.40 bits per heavy atom. The number of nitrogens with zero attached hydrogens (tertiary/aromatic N) is 3. The van der Waals surface area contributed by atoms with Crippen molar-refractivity contribution in [1.82, 2.24) is 4.90 Å². The first-order chi connectivity index (χ1) is 14.4. The van der Waals surface area contributed by atoms with Gasteiger partial charge in [-0.3, -0.25) is 14.9 Å². The Kier molecular flexibility index (Phi) is 6.69. The van der Waals surface area contributed by atoms with Crippen molar-refractivity contribution in [2.24, 2.45) is 0 Å². The second-order valence-corrected chi connectivity index (χ2v) is 6.90.